The molecule has 1 heterocycles. The molecule has 0 bridgehead atoms. The number of unbranched alkanes of at least 4 members (excludes halogenated alkanes) is 3. The van der Waals surface area contributed by atoms with Gasteiger partial charge in [0.2, 0.25) is 0 Å². The minimum atomic E-state index is -0.757. The molecule has 0 aliphatic carbocycles. The van der Waals surface area contributed by atoms with Crippen LogP contribution < -0.4 is 11.4 Å². The number of carbonyl (C=O) groups excluding carboxylic acids is 1. The fourth-order valence-electron chi connectivity index (χ4n) is 3.99. The van der Waals surface area contributed by atoms with Gasteiger partial charge < -0.3 is 5.73 Å². The molecular formula is C21H32ClN3O2. The van der Waals surface area contributed by atoms with E-state index in [1.165, 1.54) is 19.3 Å². The molecule has 1 unspecified atom stereocenters. The fourth-order valence-corrected chi connectivity index (χ4v) is 4.30. The summed E-state index contributed by atoms with van der Waals surface area (Å²) in [5, 5.41) is 0.660. The maximum atomic E-state index is 12.9. The van der Waals surface area contributed by atoms with Gasteiger partial charge in [0.25, 0.3) is 0 Å². The topological polar surface area (TPSA) is 70.0 Å². The van der Waals surface area contributed by atoms with Gasteiger partial charge >= 0.3 is 11.7 Å². The number of halogens is 1. The van der Waals surface area contributed by atoms with Crippen LogP contribution in [0.1, 0.15) is 90.2 Å². The molecule has 6 heteroatoms. The molecule has 0 saturated carbocycles. The molecule has 5 nitrogen and oxygen atoms in total. The van der Waals surface area contributed by atoms with Crippen LogP contribution in [0.15, 0.2) is 16.9 Å². The Bertz CT molecular complexity index is 851. The highest BCUT2D eigenvalue weighted by atomic mass is 35.5. The zero-order valence-electron chi connectivity index (χ0n) is 16.9. The Balaban J connectivity index is 2.69. The van der Waals surface area contributed by atoms with Crippen LogP contribution in [0.2, 0.25) is 5.02 Å². The van der Waals surface area contributed by atoms with Gasteiger partial charge in [-0.3, -0.25) is 4.57 Å². The highest BCUT2D eigenvalue weighted by Crippen LogP contribution is 2.38. The summed E-state index contributed by atoms with van der Waals surface area (Å²) in [5.41, 5.74) is 7.41. The van der Waals surface area contributed by atoms with E-state index in [4.69, 9.17) is 17.3 Å². The molecule has 1 aromatic heterocycles. The summed E-state index contributed by atoms with van der Waals surface area (Å²) >= 11 is 6.65. The third kappa shape index (κ3) is 4.40. The van der Waals surface area contributed by atoms with Gasteiger partial charge in [0.1, 0.15) is 0 Å². The Labute approximate surface area is 166 Å². The van der Waals surface area contributed by atoms with Crippen molar-refractivity contribution in [3.63, 3.8) is 0 Å². The van der Waals surface area contributed by atoms with Gasteiger partial charge in [0.05, 0.1) is 11.0 Å². The second-order valence-corrected chi connectivity index (χ2v) is 7.99. The summed E-state index contributed by atoms with van der Waals surface area (Å²) in [6.07, 6.45) is 7.82. The van der Waals surface area contributed by atoms with Gasteiger partial charge in [0.15, 0.2) is 0 Å². The summed E-state index contributed by atoms with van der Waals surface area (Å²) < 4.78 is 2.73. The van der Waals surface area contributed by atoms with E-state index >= 15 is 0 Å². The van der Waals surface area contributed by atoms with Crippen LogP contribution in [0, 0.1) is 0 Å². The number of fused-ring (bicyclic) bond motifs is 1. The standard InChI is InChI=1S/C21H32ClN3O2/c1-5-7-8-9-11-15(10-6-2)18-16(22)12-13-17-19(18)24(14(3)4)21(27)25(17)20(23)26/h12-15H,5-11H2,1-4H3,(H2,23,26). The lowest BCUT2D eigenvalue weighted by atomic mass is 9.88. The van der Waals surface area contributed by atoms with Crippen LogP contribution in [0.4, 0.5) is 4.79 Å². The van der Waals surface area contributed by atoms with E-state index in [1.807, 2.05) is 13.8 Å². The molecule has 2 aromatic rings. The maximum absolute atomic E-state index is 12.9. The normalized spacial score (nSPS) is 12.8. The van der Waals surface area contributed by atoms with E-state index in [1.54, 1.807) is 16.7 Å². The van der Waals surface area contributed by atoms with Crippen molar-refractivity contribution < 1.29 is 4.79 Å². The van der Waals surface area contributed by atoms with Crippen LogP contribution in [0.3, 0.4) is 0 Å². The molecule has 1 amide bonds. The number of rotatable bonds is 9. The molecule has 2 rings (SSSR count). The molecule has 0 radical (unpaired) electrons. The molecule has 27 heavy (non-hydrogen) atoms. The first-order valence-corrected chi connectivity index (χ1v) is 10.5. The summed E-state index contributed by atoms with van der Waals surface area (Å²) in [6, 6.07) is 2.66. The third-order valence-electron chi connectivity index (χ3n) is 5.21. The van der Waals surface area contributed by atoms with Crippen molar-refractivity contribution in [1.29, 1.82) is 0 Å². The van der Waals surface area contributed by atoms with E-state index in [2.05, 4.69) is 13.8 Å². The number of primary amides is 1. The van der Waals surface area contributed by atoms with Gasteiger partial charge in [-0.05, 0) is 50.3 Å². The number of aromatic nitrogens is 2. The second-order valence-electron chi connectivity index (χ2n) is 7.58. The van der Waals surface area contributed by atoms with E-state index in [0.29, 0.717) is 10.5 Å². The number of nitrogens with two attached hydrogens (primary N) is 1. The van der Waals surface area contributed by atoms with Crippen molar-refractivity contribution in [2.75, 3.05) is 0 Å². The predicted molar refractivity (Wildman–Crippen MR) is 113 cm³/mol. The molecule has 1 aromatic carbocycles. The summed E-state index contributed by atoms with van der Waals surface area (Å²) in [6.45, 7) is 8.24. The average molecular weight is 394 g/mol. The van der Waals surface area contributed by atoms with Crippen molar-refractivity contribution >= 4 is 28.7 Å². The van der Waals surface area contributed by atoms with Crippen molar-refractivity contribution in [2.45, 2.75) is 84.6 Å². The number of nitrogens with zero attached hydrogens (tertiary/aromatic N) is 2. The van der Waals surface area contributed by atoms with E-state index in [-0.39, 0.29) is 12.0 Å². The number of amides is 1. The lowest BCUT2D eigenvalue weighted by molar-refractivity contribution is 0.250. The van der Waals surface area contributed by atoms with Crippen molar-refractivity contribution in [3.05, 3.63) is 33.2 Å². The molecule has 0 aliphatic heterocycles. The lowest BCUT2D eigenvalue weighted by Gasteiger charge is -2.21. The van der Waals surface area contributed by atoms with Crippen molar-refractivity contribution in [2.24, 2.45) is 5.73 Å². The summed E-state index contributed by atoms with van der Waals surface area (Å²) in [4.78, 5) is 24.8. The maximum Gasteiger partial charge on any atom is 0.337 e. The Morgan fingerprint density at radius 1 is 1.11 bits per heavy atom. The fraction of sp³-hybridized carbons (Fsp3) is 0.619. The zero-order valence-corrected chi connectivity index (χ0v) is 17.7. The quantitative estimate of drug-likeness (QED) is 0.545. The van der Waals surface area contributed by atoms with E-state index in [0.717, 1.165) is 41.3 Å². The third-order valence-corrected chi connectivity index (χ3v) is 5.54. The second kappa shape index (κ2) is 9.45. The monoisotopic (exact) mass is 393 g/mol. The lowest BCUT2D eigenvalue weighted by Crippen LogP contribution is -2.33. The highest BCUT2D eigenvalue weighted by Gasteiger charge is 2.26. The van der Waals surface area contributed by atoms with E-state index in [9.17, 15) is 9.59 Å². The van der Waals surface area contributed by atoms with Crippen LogP contribution in [0.25, 0.3) is 11.0 Å². The Hall–Kier alpha value is -1.75. The highest BCUT2D eigenvalue weighted by molar-refractivity contribution is 6.32. The minimum absolute atomic E-state index is 0.0971. The largest absolute Gasteiger partial charge is 0.351 e. The number of carbonyl (C=O) groups is 1. The Morgan fingerprint density at radius 3 is 2.37 bits per heavy atom. The van der Waals surface area contributed by atoms with Crippen molar-refractivity contribution in [1.82, 2.24) is 9.13 Å². The van der Waals surface area contributed by atoms with Crippen LogP contribution in [-0.2, 0) is 0 Å². The number of hydrogen-bond donors (Lipinski definition) is 1. The number of hydrogen-bond acceptors (Lipinski definition) is 2. The minimum Gasteiger partial charge on any atom is -0.351 e. The van der Waals surface area contributed by atoms with Gasteiger partial charge in [-0.15, -0.1) is 0 Å². The first kappa shape index (κ1) is 21.5. The number of imidazole rings is 1. The summed E-state index contributed by atoms with van der Waals surface area (Å²) in [5.74, 6) is 0.260. The summed E-state index contributed by atoms with van der Waals surface area (Å²) in [7, 11) is 0. The predicted octanol–water partition coefficient (Wildman–Crippen LogP) is 5.82. The molecule has 1 atom stereocenters. The first-order valence-electron chi connectivity index (χ1n) is 10.1. The van der Waals surface area contributed by atoms with Crippen LogP contribution in [-0.4, -0.2) is 15.2 Å². The van der Waals surface area contributed by atoms with Crippen molar-refractivity contribution in [3.8, 4) is 0 Å². The Morgan fingerprint density at radius 2 is 1.81 bits per heavy atom. The number of benzene rings is 1. The van der Waals surface area contributed by atoms with Gasteiger partial charge in [-0.25, -0.2) is 14.2 Å². The molecule has 0 saturated heterocycles. The first-order chi connectivity index (χ1) is 12.8. The molecule has 0 aliphatic rings. The molecule has 150 valence electrons. The molecule has 0 spiro atoms. The zero-order chi connectivity index (χ0) is 20.1. The molecule has 0 fully saturated rings. The van der Waals surface area contributed by atoms with Crippen LogP contribution in [0.5, 0.6) is 0 Å². The smallest absolute Gasteiger partial charge is 0.337 e. The van der Waals surface area contributed by atoms with Gasteiger partial charge in [-0.1, -0.05) is 57.6 Å². The van der Waals surface area contributed by atoms with Gasteiger partial charge in [0, 0.05) is 11.1 Å². The molecular weight excluding hydrogens is 362 g/mol. The Kier molecular flexibility index (Phi) is 7.54. The van der Waals surface area contributed by atoms with Gasteiger partial charge in [-0.2, -0.15) is 0 Å². The van der Waals surface area contributed by atoms with Crippen LogP contribution >= 0.6 is 11.6 Å². The molecule has 2 N–H and O–H groups in total. The SMILES string of the molecule is CCCCCCC(CCC)c1c(Cl)ccc2c1n(C(C)C)c(=O)n2C(N)=O. The van der Waals surface area contributed by atoms with E-state index < -0.39 is 11.7 Å². The average Bonchev–Trinajstić information content (AvgIpc) is 2.90.